The quantitative estimate of drug-likeness (QED) is 0.513. The Labute approximate surface area is 74.3 Å². The molecule has 0 radical (unpaired) electrons. The number of alkyl halides is 3. The third-order valence-corrected chi connectivity index (χ3v) is 1.53. The molecule has 0 saturated carbocycles. The number of aliphatic imine (C=N–C) groups is 1. The molecule has 0 aliphatic carbocycles. The topological polar surface area (TPSA) is 64.4 Å². The highest BCUT2D eigenvalue weighted by Gasteiger charge is 2.34. The molecular formula is C7H12F3N3. The molecule has 0 bridgehead atoms. The van der Waals surface area contributed by atoms with Gasteiger partial charge in [-0.3, -0.25) is 4.99 Å². The van der Waals surface area contributed by atoms with Crippen LogP contribution in [0.2, 0.25) is 0 Å². The molecule has 0 unspecified atom stereocenters. The van der Waals surface area contributed by atoms with Crippen molar-refractivity contribution in [2.24, 2.45) is 16.5 Å². The summed E-state index contributed by atoms with van der Waals surface area (Å²) in [6.45, 7) is 1.53. The van der Waals surface area contributed by atoms with Crippen molar-refractivity contribution in [1.29, 1.82) is 0 Å². The van der Waals surface area contributed by atoms with Crippen LogP contribution in [-0.4, -0.2) is 19.1 Å². The lowest BCUT2D eigenvalue weighted by molar-refractivity contribution is -0.0933. The fourth-order valence-corrected chi connectivity index (χ4v) is 0.816. The number of allylic oxidation sites excluding steroid dienone is 1. The molecule has 3 nitrogen and oxygen atoms in total. The van der Waals surface area contributed by atoms with Gasteiger partial charge in [0.25, 0.3) is 0 Å². The fraction of sp³-hybridized carbons (Fsp3) is 0.571. The monoisotopic (exact) mass is 195 g/mol. The SMILES string of the molecule is CCC(C(N)=NC)=C(N)C(F)(F)F. The van der Waals surface area contributed by atoms with Crippen molar-refractivity contribution in [2.45, 2.75) is 19.5 Å². The van der Waals surface area contributed by atoms with Crippen LogP contribution < -0.4 is 11.5 Å². The number of hydrogen-bond donors (Lipinski definition) is 2. The summed E-state index contributed by atoms with van der Waals surface area (Å²) in [6.07, 6.45) is -4.44. The van der Waals surface area contributed by atoms with Gasteiger partial charge in [-0.05, 0) is 6.42 Å². The zero-order valence-electron chi connectivity index (χ0n) is 7.44. The lowest BCUT2D eigenvalue weighted by Gasteiger charge is -2.12. The van der Waals surface area contributed by atoms with E-state index < -0.39 is 11.9 Å². The molecule has 0 aliphatic rings. The smallest absolute Gasteiger partial charge is 0.394 e. The van der Waals surface area contributed by atoms with Gasteiger partial charge in [0, 0.05) is 12.6 Å². The summed E-state index contributed by atoms with van der Waals surface area (Å²) in [5, 5.41) is 0. The number of hydrogen-bond acceptors (Lipinski definition) is 2. The van der Waals surface area contributed by atoms with E-state index in [0.29, 0.717) is 0 Å². The summed E-state index contributed by atoms with van der Waals surface area (Å²) in [5.41, 5.74) is 8.79. The first-order chi connectivity index (χ1) is 5.84. The van der Waals surface area contributed by atoms with Crippen molar-refractivity contribution in [2.75, 3.05) is 7.05 Å². The minimum Gasteiger partial charge on any atom is -0.394 e. The standard InChI is InChI=1S/C7H12F3N3/c1-3-4(6(12)13-2)5(11)7(8,9)10/h3,11H2,1-2H3,(H2,12,13). The molecule has 0 rings (SSSR count). The average Bonchev–Trinajstić information content (AvgIpc) is 2.03. The van der Waals surface area contributed by atoms with Gasteiger partial charge in [-0.15, -0.1) is 0 Å². The molecule has 0 heterocycles. The molecule has 13 heavy (non-hydrogen) atoms. The molecule has 6 heteroatoms. The van der Waals surface area contributed by atoms with Crippen molar-refractivity contribution < 1.29 is 13.2 Å². The Balaban J connectivity index is 5.15. The van der Waals surface area contributed by atoms with Crippen LogP contribution in [0.4, 0.5) is 13.2 Å². The zero-order valence-corrected chi connectivity index (χ0v) is 7.44. The van der Waals surface area contributed by atoms with Gasteiger partial charge in [0.05, 0.1) is 0 Å². The largest absolute Gasteiger partial charge is 0.431 e. The van der Waals surface area contributed by atoms with Crippen LogP contribution in [-0.2, 0) is 0 Å². The lowest BCUT2D eigenvalue weighted by Crippen LogP contribution is -2.27. The Morgan fingerprint density at radius 3 is 2.00 bits per heavy atom. The third-order valence-electron chi connectivity index (χ3n) is 1.53. The molecule has 0 aromatic rings. The first-order valence-corrected chi connectivity index (χ1v) is 3.63. The van der Waals surface area contributed by atoms with Crippen LogP contribution in [0.3, 0.4) is 0 Å². The molecule has 0 spiro atoms. The molecule has 4 N–H and O–H groups in total. The van der Waals surface area contributed by atoms with Crippen molar-refractivity contribution in [3.05, 3.63) is 11.3 Å². The second-order valence-electron chi connectivity index (χ2n) is 2.35. The van der Waals surface area contributed by atoms with E-state index in [2.05, 4.69) is 4.99 Å². The molecule has 76 valence electrons. The van der Waals surface area contributed by atoms with Gasteiger partial charge >= 0.3 is 6.18 Å². The van der Waals surface area contributed by atoms with E-state index in [4.69, 9.17) is 11.5 Å². The first kappa shape index (κ1) is 11.8. The summed E-state index contributed by atoms with van der Waals surface area (Å²) in [4.78, 5) is 3.45. The predicted octanol–water partition coefficient (Wildman–Crippen LogP) is 1.16. The third kappa shape index (κ3) is 2.96. The Bertz CT molecular complexity index is 240. The maximum absolute atomic E-state index is 12.1. The highest BCUT2D eigenvalue weighted by molar-refractivity contribution is 5.97. The van der Waals surface area contributed by atoms with E-state index in [1.165, 1.54) is 14.0 Å². The number of rotatable bonds is 2. The van der Waals surface area contributed by atoms with Gasteiger partial charge < -0.3 is 11.5 Å². The van der Waals surface area contributed by atoms with Crippen molar-refractivity contribution in [3.8, 4) is 0 Å². The Morgan fingerprint density at radius 2 is 1.77 bits per heavy atom. The number of halogens is 3. The summed E-state index contributed by atoms with van der Waals surface area (Å²) >= 11 is 0. The highest BCUT2D eigenvalue weighted by Crippen LogP contribution is 2.25. The molecule has 0 saturated heterocycles. The summed E-state index contributed by atoms with van der Waals surface area (Å²) < 4.78 is 36.3. The van der Waals surface area contributed by atoms with E-state index in [9.17, 15) is 13.2 Å². The number of nitrogens with zero attached hydrogens (tertiary/aromatic N) is 1. The van der Waals surface area contributed by atoms with E-state index in [-0.39, 0.29) is 17.8 Å². The van der Waals surface area contributed by atoms with Crippen LogP contribution in [0.1, 0.15) is 13.3 Å². The molecule has 0 aromatic heterocycles. The molecule has 0 fully saturated rings. The van der Waals surface area contributed by atoms with Gasteiger partial charge in [0.2, 0.25) is 0 Å². The van der Waals surface area contributed by atoms with Crippen LogP contribution >= 0.6 is 0 Å². The summed E-state index contributed by atoms with van der Waals surface area (Å²) in [5.74, 6) is -0.169. The maximum atomic E-state index is 12.1. The molecule has 0 aromatic carbocycles. The molecular weight excluding hydrogens is 183 g/mol. The van der Waals surface area contributed by atoms with Crippen molar-refractivity contribution in [1.82, 2.24) is 0 Å². The maximum Gasteiger partial charge on any atom is 0.431 e. The minimum absolute atomic E-state index is 0.106. The lowest BCUT2D eigenvalue weighted by atomic mass is 10.1. The molecule has 0 atom stereocenters. The van der Waals surface area contributed by atoms with Gasteiger partial charge in [-0.25, -0.2) is 0 Å². The van der Waals surface area contributed by atoms with E-state index in [1.807, 2.05) is 0 Å². The first-order valence-electron chi connectivity index (χ1n) is 3.63. The van der Waals surface area contributed by atoms with E-state index in [1.54, 1.807) is 0 Å². The summed E-state index contributed by atoms with van der Waals surface area (Å²) in [6, 6.07) is 0. The fourth-order valence-electron chi connectivity index (χ4n) is 0.816. The van der Waals surface area contributed by atoms with Crippen LogP contribution in [0.25, 0.3) is 0 Å². The van der Waals surface area contributed by atoms with Gasteiger partial charge in [0.15, 0.2) is 0 Å². The van der Waals surface area contributed by atoms with E-state index in [0.717, 1.165) is 0 Å². The predicted molar refractivity (Wildman–Crippen MR) is 45.1 cm³/mol. The Morgan fingerprint density at radius 1 is 1.31 bits per heavy atom. The normalized spacial score (nSPS) is 15.6. The van der Waals surface area contributed by atoms with Crippen LogP contribution in [0.5, 0.6) is 0 Å². The van der Waals surface area contributed by atoms with Crippen LogP contribution in [0, 0.1) is 0 Å². The Kier molecular flexibility index (Phi) is 3.77. The molecule has 0 amide bonds. The number of nitrogens with two attached hydrogens (primary N) is 2. The molecule has 0 aliphatic heterocycles. The zero-order chi connectivity index (χ0) is 10.6. The van der Waals surface area contributed by atoms with Crippen molar-refractivity contribution in [3.63, 3.8) is 0 Å². The highest BCUT2D eigenvalue weighted by atomic mass is 19.4. The second-order valence-corrected chi connectivity index (χ2v) is 2.35. The van der Waals surface area contributed by atoms with Crippen molar-refractivity contribution >= 4 is 5.84 Å². The van der Waals surface area contributed by atoms with Crippen LogP contribution in [0.15, 0.2) is 16.3 Å². The number of amidine groups is 1. The minimum atomic E-state index is -4.54. The average molecular weight is 195 g/mol. The summed E-state index contributed by atoms with van der Waals surface area (Å²) in [7, 11) is 1.31. The van der Waals surface area contributed by atoms with Gasteiger partial charge in [0.1, 0.15) is 11.5 Å². The van der Waals surface area contributed by atoms with E-state index >= 15 is 0 Å². The van der Waals surface area contributed by atoms with Gasteiger partial charge in [-0.1, -0.05) is 6.92 Å². The Hall–Kier alpha value is -1.20. The van der Waals surface area contributed by atoms with Gasteiger partial charge in [-0.2, -0.15) is 13.2 Å². The second kappa shape index (κ2) is 4.15.